The van der Waals surface area contributed by atoms with E-state index in [1.54, 1.807) is 29.1 Å². The first kappa shape index (κ1) is 18.6. The number of aromatic nitrogens is 3. The van der Waals surface area contributed by atoms with Gasteiger partial charge in [0.05, 0.1) is 5.02 Å². The molecule has 3 rings (SSSR count). The maximum absolute atomic E-state index is 12.4. The molecule has 0 unspecified atom stereocenters. The number of aryl methyl sites for hydroxylation is 1. The number of hydrogen-bond acceptors (Lipinski definition) is 6. The lowest BCUT2D eigenvalue weighted by Gasteiger charge is -2.09. The topological polar surface area (TPSA) is 69.0 Å². The van der Waals surface area contributed by atoms with Gasteiger partial charge in [0.2, 0.25) is 0 Å². The molecule has 0 bridgehead atoms. The SMILES string of the molecule is Cn1cnnc1Sc1ccc(NC(=O)c2sccc2OC(F)F)cc1Cl. The molecule has 2 heterocycles. The Morgan fingerprint density at radius 2 is 2.23 bits per heavy atom. The summed E-state index contributed by atoms with van der Waals surface area (Å²) in [5.41, 5.74) is 0.429. The zero-order valence-electron chi connectivity index (χ0n) is 13.1. The van der Waals surface area contributed by atoms with Crippen LogP contribution in [0.2, 0.25) is 5.02 Å². The van der Waals surface area contributed by atoms with Gasteiger partial charge in [0.25, 0.3) is 5.91 Å². The first-order chi connectivity index (χ1) is 12.4. The van der Waals surface area contributed by atoms with Crippen molar-refractivity contribution in [2.24, 2.45) is 7.05 Å². The van der Waals surface area contributed by atoms with Crippen LogP contribution in [0.25, 0.3) is 0 Å². The predicted molar refractivity (Wildman–Crippen MR) is 95.5 cm³/mol. The second kappa shape index (κ2) is 8.02. The maximum atomic E-state index is 12.4. The van der Waals surface area contributed by atoms with Crippen LogP contribution in [0.5, 0.6) is 5.75 Å². The molecular formula is C15H11ClF2N4O2S2. The quantitative estimate of drug-likeness (QED) is 0.639. The van der Waals surface area contributed by atoms with Gasteiger partial charge in [0.1, 0.15) is 17.0 Å². The zero-order valence-corrected chi connectivity index (χ0v) is 15.5. The summed E-state index contributed by atoms with van der Waals surface area (Å²) < 4.78 is 30.8. The highest BCUT2D eigenvalue weighted by Gasteiger charge is 2.18. The average Bonchev–Trinajstić information content (AvgIpc) is 3.19. The van der Waals surface area contributed by atoms with Crippen LogP contribution in [0.15, 0.2) is 46.0 Å². The van der Waals surface area contributed by atoms with Crippen LogP contribution in [0.3, 0.4) is 0 Å². The van der Waals surface area contributed by atoms with Crippen molar-refractivity contribution in [2.75, 3.05) is 5.32 Å². The van der Waals surface area contributed by atoms with Gasteiger partial charge in [-0.3, -0.25) is 4.79 Å². The minimum absolute atomic E-state index is 0.0546. The van der Waals surface area contributed by atoms with Crippen LogP contribution in [-0.4, -0.2) is 27.3 Å². The fourth-order valence-electron chi connectivity index (χ4n) is 1.96. The van der Waals surface area contributed by atoms with Crippen LogP contribution in [0, 0.1) is 0 Å². The third-order valence-corrected chi connectivity index (χ3v) is 5.56. The molecule has 3 aromatic rings. The average molecular weight is 417 g/mol. The first-order valence-electron chi connectivity index (χ1n) is 7.09. The molecule has 0 saturated carbocycles. The van der Waals surface area contributed by atoms with Crippen molar-refractivity contribution in [1.29, 1.82) is 0 Å². The molecule has 1 N–H and O–H groups in total. The molecule has 11 heteroatoms. The summed E-state index contributed by atoms with van der Waals surface area (Å²) in [6.07, 6.45) is 1.57. The second-order valence-corrected chi connectivity index (χ2v) is 7.25. The van der Waals surface area contributed by atoms with E-state index in [4.69, 9.17) is 11.6 Å². The fraction of sp³-hybridized carbons (Fsp3) is 0.133. The molecular weight excluding hydrogens is 406 g/mol. The number of carbonyl (C=O) groups excluding carboxylic acids is 1. The number of nitrogens with zero attached hydrogens (tertiary/aromatic N) is 3. The van der Waals surface area contributed by atoms with Gasteiger partial charge in [-0.15, -0.1) is 21.5 Å². The Bertz CT molecular complexity index is 932. The molecule has 0 atom stereocenters. The van der Waals surface area contributed by atoms with Crippen molar-refractivity contribution < 1.29 is 18.3 Å². The van der Waals surface area contributed by atoms with Gasteiger partial charge in [-0.1, -0.05) is 11.6 Å². The Morgan fingerprint density at radius 1 is 1.42 bits per heavy atom. The lowest BCUT2D eigenvalue weighted by atomic mass is 10.3. The number of nitrogens with one attached hydrogen (secondary N) is 1. The molecule has 0 aliphatic heterocycles. The Kier molecular flexibility index (Phi) is 5.74. The molecule has 0 fully saturated rings. The third kappa shape index (κ3) is 4.32. The number of anilines is 1. The Hall–Kier alpha value is -2.17. The van der Waals surface area contributed by atoms with Crippen molar-refractivity contribution >= 4 is 46.3 Å². The van der Waals surface area contributed by atoms with E-state index in [1.165, 1.54) is 23.2 Å². The summed E-state index contributed by atoms with van der Waals surface area (Å²) in [5, 5.41) is 12.9. The van der Waals surface area contributed by atoms with E-state index in [2.05, 4.69) is 20.3 Å². The van der Waals surface area contributed by atoms with E-state index >= 15 is 0 Å². The molecule has 6 nitrogen and oxygen atoms in total. The highest BCUT2D eigenvalue weighted by Crippen LogP contribution is 2.34. The normalized spacial score (nSPS) is 11.0. The van der Waals surface area contributed by atoms with Crippen molar-refractivity contribution in [3.05, 3.63) is 45.9 Å². The number of thiophene rings is 1. The molecule has 1 aromatic carbocycles. The molecule has 0 aliphatic rings. The minimum atomic E-state index is -3.00. The largest absolute Gasteiger partial charge is 0.433 e. The highest BCUT2D eigenvalue weighted by molar-refractivity contribution is 7.99. The van der Waals surface area contributed by atoms with Crippen molar-refractivity contribution in [3.8, 4) is 5.75 Å². The van der Waals surface area contributed by atoms with Crippen LogP contribution in [0.4, 0.5) is 14.5 Å². The molecule has 0 saturated heterocycles. The summed E-state index contributed by atoms with van der Waals surface area (Å²) in [6.45, 7) is -3.00. The lowest BCUT2D eigenvalue weighted by molar-refractivity contribution is -0.0498. The number of rotatable bonds is 6. The van der Waals surface area contributed by atoms with Crippen LogP contribution >= 0.6 is 34.7 Å². The summed E-state index contributed by atoms with van der Waals surface area (Å²) in [7, 11) is 1.81. The second-order valence-electron chi connectivity index (χ2n) is 4.92. The number of benzene rings is 1. The lowest BCUT2D eigenvalue weighted by Crippen LogP contribution is -2.13. The minimum Gasteiger partial charge on any atom is -0.433 e. The predicted octanol–water partition coefficient (Wildman–Crippen LogP) is 4.53. The number of halogens is 3. The Morgan fingerprint density at radius 3 is 2.88 bits per heavy atom. The highest BCUT2D eigenvalue weighted by atomic mass is 35.5. The molecule has 0 aliphatic carbocycles. The van der Waals surface area contributed by atoms with Crippen LogP contribution in [-0.2, 0) is 7.05 Å². The van der Waals surface area contributed by atoms with Gasteiger partial charge in [-0.25, -0.2) is 0 Å². The van der Waals surface area contributed by atoms with Crippen LogP contribution < -0.4 is 10.1 Å². The number of ether oxygens (including phenoxy) is 1. The van der Waals surface area contributed by atoms with E-state index in [0.29, 0.717) is 15.9 Å². The molecule has 2 aromatic heterocycles. The summed E-state index contributed by atoms with van der Waals surface area (Å²) in [6, 6.07) is 6.27. The van der Waals surface area contributed by atoms with Crippen molar-refractivity contribution in [3.63, 3.8) is 0 Å². The van der Waals surface area contributed by atoms with E-state index in [1.807, 2.05) is 7.05 Å². The van der Waals surface area contributed by atoms with E-state index in [0.717, 1.165) is 16.2 Å². The van der Waals surface area contributed by atoms with Gasteiger partial charge >= 0.3 is 6.61 Å². The van der Waals surface area contributed by atoms with Crippen LogP contribution in [0.1, 0.15) is 9.67 Å². The number of alkyl halides is 2. The first-order valence-corrected chi connectivity index (χ1v) is 9.16. The van der Waals surface area contributed by atoms with Gasteiger partial charge < -0.3 is 14.6 Å². The standard InChI is InChI=1S/C15H11ClF2N4O2S2/c1-22-7-19-21-15(22)26-11-3-2-8(6-9(11)16)20-13(23)12-10(4-5-25-12)24-14(17)18/h2-7,14H,1H3,(H,20,23). The fourth-order valence-corrected chi connectivity index (χ4v) is 3.75. The Balaban J connectivity index is 1.73. The van der Waals surface area contributed by atoms with Gasteiger partial charge in [0, 0.05) is 17.6 Å². The van der Waals surface area contributed by atoms with Gasteiger partial charge in [-0.2, -0.15) is 8.78 Å². The third-order valence-electron chi connectivity index (χ3n) is 3.11. The van der Waals surface area contributed by atoms with Crippen molar-refractivity contribution in [1.82, 2.24) is 14.8 Å². The Labute approximate surface area is 160 Å². The molecule has 0 radical (unpaired) electrons. The van der Waals surface area contributed by atoms with Gasteiger partial charge in [-0.05, 0) is 41.4 Å². The van der Waals surface area contributed by atoms with Crippen molar-refractivity contribution in [2.45, 2.75) is 16.7 Å². The van der Waals surface area contributed by atoms with E-state index in [-0.39, 0.29) is 10.6 Å². The van der Waals surface area contributed by atoms with E-state index < -0.39 is 12.5 Å². The monoisotopic (exact) mass is 416 g/mol. The smallest absolute Gasteiger partial charge is 0.387 e. The number of hydrogen-bond donors (Lipinski definition) is 1. The number of amides is 1. The molecule has 1 amide bonds. The summed E-state index contributed by atoms with van der Waals surface area (Å²) in [5.74, 6) is -0.719. The van der Waals surface area contributed by atoms with E-state index in [9.17, 15) is 13.6 Å². The van der Waals surface area contributed by atoms with Gasteiger partial charge in [0.15, 0.2) is 5.16 Å². The molecule has 26 heavy (non-hydrogen) atoms. The molecule has 0 spiro atoms. The summed E-state index contributed by atoms with van der Waals surface area (Å²) in [4.78, 5) is 13.1. The maximum Gasteiger partial charge on any atom is 0.387 e. The molecule has 136 valence electrons. The number of carbonyl (C=O) groups is 1. The zero-order chi connectivity index (χ0) is 18.7. The summed E-state index contributed by atoms with van der Waals surface area (Å²) >= 11 is 8.59.